The molecular formula is C27H22ClN3O2. The molecule has 1 atom stereocenters. The number of halogens is 1. The Morgan fingerprint density at radius 1 is 1.03 bits per heavy atom. The molecule has 4 aromatic rings. The first-order valence-electron chi connectivity index (χ1n) is 10.8. The van der Waals surface area contributed by atoms with Gasteiger partial charge < -0.3 is 4.98 Å². The molecule has 1 N–H and O–H groups in total. The second kappa shape index (κ2) is 8.34. The van der Waals surface area contributed by atoms with Gasteiger partial charge in [0, 0.05) is 34.8 Å². The van der Waals surface area contributed by atoms with E-state index in [1.54, 1.807) is 6.07 Å². The number of aromatic amines is 1. The zero-order valence-corrected chi connectivity index (χ0v) is 19.1. The third kappa shape index (κ3) is 3.74. The number of hydrogen-bond donors (Lipinski definition) is 1. The van der Waals surface area contributed by atoms with Crippen molar-refractivity contribution in [3.63, 3.8) is 0 Å². The lowest BCUT2D eigenvalue weighted by Gasteiger charge is -2.22. The Balaban J connectivity index is 1.76. The summed E-state index contributed by atoms with van der Waals surface area (Å²) >= 11 is 6.34. The molecule has 0 spiro atoms. The van der Waals surface area contributed by atoms with E-state index in [4.69, 9.17) is 11.6 Å². The van der Waals surface area contributed by atoms with Gasteiger partial charge >= 0.3 is 0 Å². The molecule has 1 amide bonds. The number of nitrogens with zero attached hydrogens (tertiary/aromatic N) is 2. The molecule has 164 valence electrons. The maximum absolute atomic E-state index is 13.4. The highest BCUT2D eigenvalue weighted by atomic mass is 35.5. The topological polar surface area (TPSA) is 65.5 Å². The van der Waals surface area contributed by atoms with E-state index in [9.17, 15) is 9.59 Å². The summed E-state index contributed by atoms with van der Waals surface area (Å²) in [4.78, 5) is 28.9. The van der Waals surface area contributed by atoms with Crippen molar-refractivity contribution in [2.75, 3.05) is 0 Å². The van der Waals surface area contributed by atoms with E-state index in [1.165, 1.54) is 11.9 Å². The lowest BCUT2D eigenvalue weighted by atomic mass is 9.90. The summed E-state index contributed by atoms with van der Waals surface area (Å²) in [7, 11) is 0. The number of benzene rings is 3. The molecule has 1 aliphatic rings. The maximum Gasteiger partial charge on any atom is 0.258 e. The molecule has 33 heavy (non-hydrogen) atoms. The van der Waals surface area contributed by atoms with E-state index in [2.05, 4.69) is 10.1 Å². The Morgan fingerprint density at radius 3 is 2.48 bits per heavy atom. The van der Waals surface area contributed by atoms with Crippen LogP contribution in [-0.2, 0) is 4.79 Å². The summed E-state index contributed by atoms with van der Waals surface area (Å²) in [5.74, 6) is -0.167. The van der Waals surface area contributed by atoms with Crippen molar-refractivity contribution in [2.24, 2.45) is 5.10 Å². The fourth-order valence-corrected chi connectivity index (χ4v) is 4.77. The summed E-state index contributed by atoms with van der Waals surface area (Å²) in [5, 5.41) is 7.59. The smallest absolute Gasteiger partial charge is 0.258 e. The highest BCUT2D eigenvalue weighted by molar-refractivity contribution is 6.31. The number of aromatic nitrogens is 1. The number of carbonyl (C=O) groups excluding carboxylic acids is 1. The van der Waals surface area contributed by atoms with Crippen LogP contribution in [0.4, 0.5) is 0 Å². The molecular weight excluding hydrogens is 434 g/mol. The Bertz CT molecular complexity index is 1470. The number of carbonyl (C=O) groups is 1. The molecule has 5 rings (SSSR count). The lowest BCUT2D eigenvalue weighted by Crippen LogP contribution is -2.24. The van der Waals surface area contributed by atoms with Crippen molar-refractivity contribution in [3.8, 4) is 11.1 Å². The van der Waals surface area contributed by atoms with Gasteiger partial charge in [-0.05, 0) is 41.8 Å². The highest BCUT2D eigenvalue weighted by Gasteiger charge is 2.34. The maximum atomic E-state index is 13.4. The minimum Gasteiger partial charge on any atom is -0.321 e. The molecule has 1 aliphatic heterocycles. The molecule has 0 fully saturated rings. The van der Waals surface area contributed by atoms with Crippen molar-refractivity contribution >= 4 is 34.1 Å². The fraction of sp³-hybridized carbons (Fsp3) is 0.148. The number of fused-ring (bicyclic) bond motifs is 1. The van der Waals surface area contributed by atoms with Gasteiger partial charge in [0.2, 0.25) is 5.91 Å². The second-order valence-electron chi connectivity index (χ2n) is 8.25. The minimum absolute atomic E-state index is 0.167. The molecule has 0 bridgehead atoms. The number of amides is 1. The van der Waals surface area contributed by atoms with E-state index < -0.39 is 0 Å². The van der Waals surface area contributed by atoms with Gasteiger partial charge in [-0.25, -0.2) is 5.01 Å². The van der Waals surface area contributed by atoms with E-state index >= 15 is 0 Å². The van der Waals surface area contributed by atoms with Crippen molar-refractivity contribution in [2.45, 2.75) is 26.3 Å². The first kappa shape index (κ1) is 21.2. The van der Waals surface area contributed by atoms with Crippen LogP contribution in [0.15, 0.2) is 82.7 Å². The standard InChI is InChI=1S/C27H22ClN3O2/c1-16-8-6-7-11-20(16)24-15-23(30-31(24)17(2)32)26-25(18-9-4-3-5-10-18)21-14-19(28)12-13-22(21)29-27(26)33/h3-14,24H,15H2,1-2H3,(H,29,33)/t24-/m0/s1. The molecule has 0 radical (unpaired) electrons. The van der Waals surface area contributed by atoms with E-state index in [-0.39, 0.29) is 17.5 Å². The minimum atomic E-state index is -0.267. The average molecular weight is 456 g/mol. The van der Waals surface area contributed by atoms with Gasteiger partial charge in [-0.3, -0.25) is 9.59 Å². The molecule has 6 heteroatoms. The first-order valence-corrected chi connectivity index (χ1v) is 11.2. The predicted molar refractivity (Wildman–Crippen MR) is 133 cm³/mol. The Morgan fingerprint density at radius 2 is 1.76 bits per heavy atom. The Kier molecular flexibility index (Phi) is 5.35. The van der Waals surface area contributed by atoms with Gasteiger partial charge in [0.15, 0.2) is 0 Å². The quantitative estimate of drug-likeness (QED) is 0.420. The number of aryl methyl sites for hydroxylation is 1. The van der Waals surface area contributed by atoms with Gasteiger partial charge in [0.05, 0.1) is 17.3 Å². The lowest BCUT2D eigenvalue weighted by molar-refractivity contribution is -0.130. The molecule has 3 aromatic carbocycles. The highest BCUT2D eigenvalue weighted by Crippen LogP contribution is 2.38. The molecule has 1 aromatic heterocycles. The molecule has 0 aliphatic carbocycles. The number of hydrogen-bond acceptors (Lipinski definition) is 3. The molecule has 0 saturated carbocycles. The second-order valence-corrected chi connectivity index (χ2v) is 8.68. The summed E-state index contributed by atoms with van der Waals surface area (Å²) < 4.78 is 0. The molecule has 2 heterocycles. The van der Waals surface area contributed by atoms with Crippen LogP contribution in [0.3, 0.4) is 0 Å². The average Bonchev–Trinajstić information content (AvgIpc) is 3.24. The van der Waals surface area contributed by atoms with Gasteiger partial charge in [0.25, 0.3) is 5.56 Å². The van der Waals surface area contributed by atoms with Crippen LogP contribution < -0.4 is 5.56 Å². The number of hydrazone groups is 1. The van der Waals surface area contributed by atoms with Crippen molar-refractivity contribution in [3.05, 3.63) is 105 Å². The number of nitrogens with one attached hydrogen (secondary N) is 1. The van der Waals surface area contributed by atoms with Crippen molar-refractivity contribution in [1.29, 1.82) is 0 Å². The van der Waals surface area contributed by atoms with E-state index in [0.717, 1.165) is 27.6 Å². The summed E-state index contributed by atoms with van der Waals surface area (Å²) in [6.45, 7) is 3.52. The van der Waals surface area contributed by atoms with Crippen LogP contribution >= 0.6 is 11.6 Å². The van der Waals surface area contributed by atoms with Crippen LogP contribution in [0.2, 0.25) is 5.02 Å². The number of rotatable bonds is 3. The Labute approximate surface area is 196 Å². The zero-order chi connectivity index (χ0) is 23.1. The molecule has 0 saturated heterocycles. The molecule has 5 nitrogen and oxygen atoms in total. The van der Waals surface area contributed by atoms with Crippen LogP contribution in [0, 0.1) is 6.92 Å². The summed E-state index contributed by atoms with van der Waals surface area (Å²) in [6, 6.07) is 22.9. The number of pyridine rings is 1. The fourth-order valence-electron chi connectivity index (χ4n) is 4.60. The predicted octanol–water partition coefficient (Wildman–Crippen LogP) is 5.85. The van der Waals surface area contributed by atoms with Gasteiger partial charge in [-0.2, -0.15) is 5.10 Å². The van der Waals surface area contributed by atoms with Crippen molar-refractivity contribution < 1.29 is 4.79 Å². The third-order valence-corrected chi connectivity index (χ3v) is 6.34. The van der Waals surface area contributed by atoms with Crippen LogP contribution in [-0.4, -0.2) is 21.6 Å². The van der Waals surface area contributed by atoms with E-state index in [0.29, 0.717) is 28.2 Å². The van der Waals surface area contributed by atoms with Gasteiger partial charge in [0.1, 0.15) is 0 Å². The zero-order valence-electron chi connectivity index (χ0n) is 18.3. The van der Waals surface area contributed by atoms with Crippen LogP contribution in [0.5, 0.6) is 0 Å². The largest absolute Gasteiger partial charge is 0.321 e. The summed E-state index contributed by atoms with van der Waals surface area (Å²) in [6.07, 6.45) is 0.444. The monoisotopic (exact) mass is 455 g/mol. The van der Waals surface area contributed by atoms with E-state index in [1.807, 2.05) is 73.7 Å². The molecule has 0 unspecified atom stereocenters. The third-order valence-electron chi connectivity index (χ3n) is 6.11. The Hall–Kier alpha value is -3.70. The van der Waals surface area contributed by atoms with Gasteiger partial charge in [-0.15, -0.1) is 0 Å². The normalized spacial score (nSPS) is 15.7. The van der Waals surface area contributed by atoms with Gasteiger partial charge in [-0.1, -0.05) is 66.2 Å². The van der Waals surface area contributed by atoms with Crippen molar-refractivity contribution in [1.82, 2.24) is 9.99 Å². The summed E-state index contributed by atoms with van der Waals surface area (Å²) in [5.41, 5.74) is 5.27. The SMILES string of the molecule is CC(=O)N1N=C(c2c(-c3ccccc3)c3cc(Cl)ccc3[nH]c2=O)C[C@H]1c1ccccc1C. The number of H-pyrrole nitrogens is 1. The van der Waals surface area contributed by atoms with Crippen LogP contribution in [0.25, 0.3) is 22.0 Å². The van der Waals surface area contributed by atoms with Crippen LogP contribution in [0.1, 0.15) is 36.1 Å². The first-order chi connectivity index (χ1) is 15.9.